The van der Waals surface area contributed by atoms with Gasteiger partial charge in [-0.1, -0.05) is 11.6 Å². The molecule has 0 saturated heterocycles. The van der Waals surface area contributed by atoms with Gasteiger partial charge in [0, 0.05) is 11.9 Å². The molecule has 106 valence electrons. The molecule has 6 nitrogen and oxygen atoms in total. The van der Waals surface area contributed by atoms with Crippen molar-refractivity contribution in [2.75, 3.05) is 18.7 Å². The second-order valence-corrected chi connectivity index (χ2v) is 6.34. The summed E-state index contributed by atoms with van der Waals surface area (Å²) in [6, 6.07) is 6.28. The number of ether oxygens (including phenoxy) is 1. The van der Waals surface area contributed by atoms with Gasteiger partial charge in [0.15, 0.2) is 26.6 Å². The summed E-state index contributed by atoms with van der Waals surface area (Å²) >= 11 is 5.89. The van der Waals surface area contributed by atoms with E-state index in [9.17, 15) is 8.42 Å². The third kappa shape index (κ3) is 3.17. The molecule has 0 radical (unpaired) electrons. The summed E-state index contributed by atoms with van der Waals surface area (Å²) in [6.45, 7) is 0. The largest absolute Gasteiger partial charge is 0.490 e. The fraction of sp³-hybridized carbons (Fsp3) is 0.167. The van der Waals surface area contributed by atoms with Crippen LogP contribution in [0.5, 0.6) is 5.75 Å². The number of nitrogens with one attached hydrogen (secondary N) is 1. The predicted molar refractivity (Wildman–Crippen MR) is 76.4 cm³/mol. The molecule has 2 aromatic rings. The van der Waals surface area contributed by atoms with Gasteiger partial charge >= 0.3 is 0 Å². The Morgan fingerprint density at radius 1 is 1.20 bits per heavy atom. The summed E-state index contributed by atoms with van der Waals surface area (Å²) in [6.07, 6.45) is 2.46. The highest BCUT2D eigenvalue weighted by atomic mass is 35.5. The van der Waals surface area contributed by atoms with Crippen LogP contribution in [0.4, 0.5) is 11.5 Å². The monoisotopic (exact) mass is 313 g/mol. The highest BCUT2D eigenvalue weighted by Gasteiger charge is 2.11. The number of halogens is 1. The van der Waals surface area contributed by atoms with Gasteiger partial charge in [-0.25, -0.2) is 18.4 Å². The SMILES string of the molecule is COc1c(Cl)ncnc1Nc1ccc(S(C)(=O)=O)cc1. The van der Waals surface area contributed by atoms with Gasteiger partial charge in [0.2, 0.25) is 0 Å². The smallest absolute Gasteiger partial charge is 0.199 e. The van der Waals surface area contributed by atoms with Gasteiger partial charge in [0.25, 0.3) is 0 Å². The van der Waals surface area contributed by atoms with Gasteiger partial charge in [0.1, 0.15) is 6.33 Å². The molecular formula is C12H12ClN3O3S. The van der Waals surface area contributed by atoms with Crippen molar-refractivity contribution in [3.05, 3.63) is 35.7 Å². The van der Waals surface area contributed by atoms with E-state index in [1.54, 1.807) is 12.1 Å². The molecule has 0 aliphatic rings. The molecule has 20 heavy (non-hydrogen) atoms. The molecule has 1 aromatic heterocycles. The van der Waals surface area contributed by atoms with Gasteiger partial charge in [-0.15, -0.1) is 0 Å². The van der Waals surface area contributed by atoms with Crippen molar-refractivity contribution < 1.29 is 13.2 Å². The Kier molecular flexibility index (Phi) is 4.10. The number of methoxy groups -OCH3 is 1. The lowest BCUT2D eigenvalue weighted by Gasteiger charge is -2.10. The van der Waals surface area contributed by atoms with E-state index < -0.39 is 9.84 Å². The number of anilines is 2. The van der Waals surface area contributed by atoms with E-state index in [1.165, 1.54) is 25.6 Å². The van der Waals surface area contributed by atoms with Crippen LogP contribution in [0.3, 0.4) is 0 Å². The van der Waals surface area contributed by atoms with E-state index in [0.717, 1.165) is 6.26 Å². The van der Waals surface area contributed by atoms with Gasteiger partial charge in [-0.2, -0.15) is 0 Å². The van der Waals surface area contributed by atoms with Crippen molar-refractivity contribution in [3.8, 4) is 5.75 Å². The van der Waals surface area contributed by atoms with Crippen LogP contribution in [-0.2, 0) is 9.84 Å². The minimum atomic E-state index is -3.21. The van der Waals surface area contributed by atoms with Crippen molar-refractivity contribution in [1.29, 1.82) is 0 Å². The summed E-state index contributed by atoms with van der Waals surface area (Å²) in [4.78, 5) is 8.08. The zero-order valence-electron chi connectivity index (χ0n) is 10.8. The molecule has 0 aliphatic carbocycles. The summed E-state index contributed by atoms with van der Waals surface area (Å²) in [7, 11) is -1.75. The van der Waals surface area contributed by atoms with Crippen LogP contribution in [-0.4, -0.2) is 31.8 Å². The number of hydrogen-bond acceptors (Lipinski definition) is 6. The Morgan fingerprint density at radius 3 is 2.40 bits per heavy atom. The van der Waals surface area contributed by atoms with Crippen molar-refractivity contribution >= 4 is 32.9 Å². The molecule has 1 N–H and O–H groups in total. The maximum Gasteiger partial charge on any atom is 0.199 e. The standard InChI is InChI=1S/C12H12ClN3O3S/c1-19-10-11(13)14-7-15-12(10)16-8-3-5-9(6-4-8)20(2,17)18/h3-7H,1-2H3,(H,14,15,16). The Hall–Kier alpha value is -1.86. The Labute approximate surface area is 121 Å². The molecule has 0 fully saturated rings. The van der Waals surface area contributed by atoms with Gasteiger partial charge in [-0.05, 0) is 24.3 Å². The van der Waals surface area contributed by atoms with E-state index in [1.807, 2.05) is 0 Å². The maximum absolute atomic E-state index is 11.4. The van der Waals surface area contributed by atoms with E-state index >= 15 is 0 Å². The van der Waals surface area contributed by atoms with Crippen molar-refractivity contribution in [1.82, 2.24) is 9.97 Å². The summed E-state index contributed by atoms with van der Waals surface area (Å²) in [5, 5.41) is 3.18. The first kappa shape index (κ1) is 14.5. The number of hydrogen-bond donors (Lipinski definition) is 1. The van der Waals surface area contributed by atoms with Gasteiger partial charge in [-0.3, -0.25) is 0 Å². The van der Waals surface area contributed by atoms with E-state index in [0.29, 0.717) is 17.3 Å². The molecule has 1 heterocycles. The lowest BCUT2D eigenvalue weighted by atomic mass is 10.3. The number of sulfone groups is 1. The minimum Gasteiger partial charge on any atom is -0.490 e. The molecular weight excluding hydrogens is 302 g/mol. The van der Waals surface area contributed by atoms with Crippen LogP contribution in [0.2, 0.25) is 5.15 Å². The Balaban J connectivity index is 2.29. The zero-order chi connectivity index (χ0) is 14.8. The van der Waals surface area contributed by atoms with E-state index in [-0.39, 0.29) is 10.0 Å². The zero-order valence-corrected chi connectivity index (χ0v) is 12.4. The van der Waals surface area contributed by atoms with Crippen molar-refractivity contribution in [2.24, 2.45) is 0 Å². The molecule has 0 aliphatic heterocycles. The fourth-order valence-corrected chi connectivity index (χ4v) is 2.39. The van der Waals surface area contributed by atoms with Crippen LogP contribution in [0.15, 0.2) is 35.5 Å². The average Bonchev–Trinajstić information content (AvgIpc) is 2.38. The summed E-state index contributed by atoms with van der Waals surface area (Å²) in [5.41, 5.74) is 0.658. The van der Waals surface area contributed by atoms with Gasteiger partial charge in [0.05, 0.1) is 12.0 Å². The van der Waals surface area contributed by atoms with Crippen molar-refractivity contribution in [3.63, 3.8) is 0 Å². The molecule has 1 aromatic carbocycles. The number of benzene rings is 1. The normalized spacial score (nSPS) is 11.2. The summed E-state index contributed by atoms with van der Waals surface area (Å²) < 4.78 is 27.8. The number of nitrogens with zero attached hydrogens (tertiary/aromatic N) is 2. The summed E-state index contributed by atoms with van der Waals surface area (Å²) in [5.74, 6) is 0.723. The molecule has 0 bridgehead atoms. The van der Waals surface area contributed by atoms with Crippen LogP contribution in [0.1, 0.15) is 0 Å². The van der Waals surface area contributed by atoms with Gasteiger partial charge < -0.3 is 10.1 Å². The van der Waals surface area contributed by atoms with Crippen molar-refractivity contribution in [2.45, 2.75) is 4.90 Å². The van der Waals surface area contributed by atoms with E-state index in [2.05, 4.69) is 15.3 Å². The lowest BCUT2D eigenvalue weighted by Crippen LogP contribution is -2.00. The lowest BCUT2D eigenvalue weighted by molar-refractivity contribution is 0.413. The second kappa shape index (κ2) is 5.64. The quantitative estimate of drug-likeness (QED) is 0.872. The van der Waals surface area contributed by atoms with E-state index in [4.69, 9.17) is 16.3 Å². The molecule has 8 heteroatoms. The average molecular weight is 314 g/mol. The molecule has 2 rings (SSSR count). The minimum absolute atomic E-state index is 0.192. The van der Waals surface area contributed by atoms with Crippen LogP contribution >= 0.6 is 11.6 Å². The predicted octanol–water partition coefficient (Wildman–Crippen LogP) is 2.29. The molecule has 0 saturated carbocycles. The molecule has 0 atom stereocenters. The Bertz CT molecular complexity index is 717. The first-order valence-electron chi connectivity index (χ1n) is 5.53. The fourth-order valence-electron chi connectivity index (χ4n) is 1.54. The van der Waals surface area contributed by atoms with Crippen LogP contribution in [0, 0.1) is 0 Å². The highest BCUT2D eigenvalue weighted by Crippen LogP contribution is 2.30. The Morgan fingerprint density at radius 2 is 1.85 bits per heavy atom. The van der Waals surface area contributed by atoms with Crippen LogP contribution in [0.25, 0.3) is 0 Å². The maximum atomic E-state index is 11.4. The topological polar surface area (TPSA) is 81.2 Å². The molecule has 0 amide bonds. The number of aromatic nitrogens is 2. The molecule has 0 spiro atoms. The first-order chi connectivity index (χ1) is 9.41. The van der Waals surface area contributed by atoms with Crippen LogP contribution < -0.4 is 10.1 Å². The highest BCUT2D eigenvalue weighted by molar-refractivity contribution is 7.90. The third-order valence-electron chi connectivity index (χ3n) is 2.51. The number of rotatable bonds is 4. The first-order valence-corrected chi connectivity index (χ1v) is 7.80. The third-order valence-corrected chi connectivity index (χ3v) is 3.91. The second-order valence-electron chi connectivity index (χ2n) is 3.97. The molecule has 0 unspecified atom stereocenters.